The first-order chi connectivity index (χ1) is 7.44. The van der Waals surface area contributed by atoms with Gasteiger partial charge in [0.2, 0.25) is 0 Å². The van der Waals surface area contributed by atoms with Gasteiger partial charge in [-0.05, 0) is 43.9 Å². The van der Waals surface area contributed by atoms with Crippen molar-refractivity contribution >= 4 is 5.78 Å². The molecule has 0 aliphatic heterocycles. The van der Waals surface area contributed by atoms with Gasteiger partial charge in [-0.1, -0.05) is 27.7 Å². The van der Waals surface area contributed by atoms with Crippen LogP contribution in [0.1, 0.15) is 59.8 Å². The zero-order valence-electron chi connectivity index (χ0n) is 11.3. The molecule has 0 aromatic carbocycles. The number of nitrogens with two attached hydrogens (primary N) is 1. The van der Waals surface area contributed by atoms with Gasteiger partial charge in [0.25, 0.3) is 0 Å². The monoisotopic (exact) mass is 225 g/mol. The molecule has 3 unspecified atom stereocenters. The van der Waals surface area contributed by atoms with E-state index < -0.39 is 5.54 Å². The summed E-state index contributed by atoms with van der Waals surface area (Å²) in [5.74, 6) is 1.97. The molecule has 0 radical (unpaired) electrons. The predicted molar refractivity (Wildman–Crippen MR) is 68.2 cm³/mol. The van der Waals surface area contributed by atoms with Crippen LogP contribution in [0.5, 0.6) is 0 Å². The third kappa shape index (κ3) is 2.65. The largest absolute Gasteiger partial charge is 0.319 e. The molecule has 0 aromatic rings. The van der Waals surface area contributed by atoms with Crippen LogP contribution in [0.25, 0.3) is 0 Å². The fraction of sp³-hybridized carbons (Fsp3) is 0.929. The maximum absolute atomic E-state index is 12.4. The average molecular weight is 225 g/mol. The van der Waals surface area contributed by atoms with Crippen molar-refractivity contribution in [1.82, 2.24) is 0 Å². The SMILES string of the molecule is CCC(N)(CC)C(=O)C1CCC(C)C(C)C1. The van der Waals surface area contributed by atoms with Crippen molar-refractivity contribution < 1.29 is 4.79 Å². The zero-order chi connectivity index (χ0) is 12.3. The molecule has 3 atom stereocenters. The molecule has 2 nitrogen and oxygen atoms in total. The first kappa shape index (κ1) is 13.7. The highest BCUT2D eigenvalue weighted by molar-refractivity contribution is 5.90. The topological polar surface area (TPSA) is 43.1 Å². The van der Waals surface area contributed by atoms with Crippen molar-refractivity contribution in [2.45, 2.75) is 65.3 Å². The average Bonchev–Trinajstić information content (AvgIpc) is 2.30. The Morgan fingerprint density at radius 3 is 2.19 bits per heavy atom. The molecule has 16 heavy (non-hydrogen) atoms. The summed E-state index contributed by atoms with van der Waals surface area (Å²) >= 11 is 0. The van der Waals surface area contributed by atoms with E-state index in [1.165, 1.54) is 6.42 Å². The van der Waals surface area contributed by atoms with Gasteiger partial charge >= 0.3 is 0 Å². The summed E-state index contributed by atoms with van der Waals surface area (Å²) in [6.07, 6.45) is 4.80. The Bertz CT molecular complexity index is 245. The van der Waals surface area contributed by atoms with E-state index in [0.717, 1.165) is 31.6 Å². The van der Waals surface area contributed by atoms with Gasteiger partial charge in [-0.3, -0.25) is 4.79 Å². The summed E-state index contributed by atoms with van der Waals surface area (Å²) in [6, 6.07) is 0. The summed E-state index contributed by atoms with van der Waals surface area (Å²) in [4.78, 5) is 12.4. The van der Waals surface area contributed by atoms with Gasteiger partial charge in [-0.25, -0.2) is 0 Å². The highest BCUT2D eigenvalue weighted by Gasteiger charge is 2.38. The van der Waals surface area contributed by atoms with Crippen molar-refractivity contribution in [2.75, 3.05) is 0 Å². The Morgan fingerprint density at radius 1 is 1.19 bits per heavy atom. The normalized spacial score (nSPS) is 31.4. The van der Waals surface area contributed by atoms with E-state index in [9.17, 15) is 4.79 Å². The molecule has 1 rings (SSSR count). The molecule has 1 fully saturated rings. The number of carbonyl (C=O) groups excluding carboxylic acids is 1. The van der Waals surface area contributed by atoms with Crippen LogP contribution in [-0.2, 0) is 4.79 Å². The second-order valence-corrected chi connectivity index (χ2v) is 5.69. The molecular weight excluding hydrogens is 198 g/mol. The number of rotatable bonds is 4. The molecule has 1 aliphatic rings. The highest BCUT2D eigenvalue weighted by Crippen LogP contribution is 2.36. The predicted octanol–water partition coefficient (Wildman–Crippen LogP) is 3.15. The third-order valence-electron chi connectivity index (χ3n) is 4.72. The van der Waals surface area contributed by atoms with Crippen LogP contribution in [0.15, 0.2) is 0 Å². The number of hydrogen-bond donors (Lipinski definition) is 1. The number of Topliss-reactive ketones (excluding diaryl/α,β-unsaturated/α-hetero) is 1. The van der Waals surface area contributed by atoms with E-state index in [1.807, 2.05) is 13.8 Å². The van der Waals surface area contributed by atoms with Crippen molar-refractivity contribution in [3.8, 4) is 0 Å². The van der Waals surface area contributed by atoms with Crippen LogP contribution in [0.2, 0.25) is 0 Å². The Kier molecular flexibility index (Phi) is 4.54. The molecule has 2 heteroatoms. The summed E-state index contributed by atoms with van der Waals surface area (Å²) in [6.45, 7) is 8.60. The van der Waals surface area contributed by atoms with Gasteiger partial charge in [0.1, 0.15) is 0 Å². The van der Waals surface area contributed by atoms with Gasteiger partial charge in [-0.2, -0.15) is 0 Å². The molecule has 0 bridgehead atoms. The second kappa shape index (κ2) is 5.31. The van der Waals surface area contributed by atoms with Crippen molar-refractivity contribution in [3.63, 3.8) is 0 Å². The number of carbonyl (C=O) groups is 1. The lowest BCUT2D eigenvalue weighted by Gasteiger charge is -2.36. The smallest absolute Gasteiger partial charge is 0.155 e. The molecule has 1 aliphatic carbocycles. The summed E-state index contributed by atoms with van der Waals surface area (Å²) in [5, 5.41) is 0. The Hall–Kier alpha value is -0.370. The van der Waals surface area contributed by atoms with E-state index in [4.69, 9.17) is 5.73 Å². The van der Waals surface area contributed by atoms with Gasteiger partial charge in [0.05, 0.1) is 5.54 Å². The maximum atomic E-state index is 12.4. The lowest BCUT2D eigenvalue weighted by Crippen LogP contribution is -2.50. The molecule has 94 valence electrons. The lowest BCUT2D eigenvalue weighted by atomic mass is 9.70. The van der Waals surface area contributed by atoms with Crippen molar-refractivity contribution in [2.24, 2.45) is 23.5 Å². The molecule has 0 heterocycles. The van der Waals surface area contributed by atoms with E-state index in [0.29, 0.717) is 11.7 Å². The highest BCUT2D eigenvalue weighted by atomic mass is 16.1. The third-order valence-corrected chi connectivity index (χ3v) is 4.72. The molecule has 0 saturated heterocycles. The van der Waals surface area contributed by atoms with Gasteiger partial charge in [-0.15, -0.1) is 0 Å². The first-order valence-corrected chi connectivity index (χ1v) is 6.77. The molecule has 2 N–H and O–H groups in total. The molecular formula is C14H27NO. The standard InChI is InChI=1S/C14H27NO/c1-5-14(15,6-2)13(16)12-8-7-10(3)11(4)9-12/h10-12H,5-9,15H2,1-4H3. The van der Waals surface area contributed by atoms with Crippen LogP contribution >= 0.6 is 0 Å². The van der Waals surface area contributed by atoms with Crippen molar-refractivity contribution in [3.05, 3.63) is 0 Å². The fourth-order valence-electron chi connectivity index (χ4n) is 2.79. The van der Waals surface area contributed by atoms with Crippen LogP contribution in [0, 0.1) is 17.8 Å². The van der Waals surface area contributed by atoms with Gasteiger partial charge < -0.3 is 5.73 Å². The van der Waals surface area contributed by atoms with Crippen molar-refractivity contribution in [1.29, 1.82) is 0 Å². The van der Waals surface area contributed by atoms with Crippen LogP contribution < -0.4 is 5.73 Å². The summed E-state index contributed by atoms with van der Waals surface area (Å²) in [7, 11) is 0. The van der Waals surface area contributed by atoms with Gasteiger partial charge in [0.15, 0.2) is 5.78 Å². The summed E-state index contributed by atoms with van der Waals surface area (Å²) in [5.41, 5.74) is 5.64. The van der Waals surface area contributed by atoms with Crippen LogP contribution in [0.4, 0.5) is 0 Å². The molecule has 0 spiro atoms. The Labute approximate surface area is 100.0 Å². The zero-order valence-corrected chi connectivity index (χ0v) is 11.3. The minimum atomic E-state index is -0.565. The van der Waals surface area contributed by atoms with Gasteiger partial charge in [0, 0.05) is 5.92 Å². The Morgan fingerprint density at radius 2 is 1.75 bits per heavy atom. The Balaban J connectivity index is 2.68. The first-order valence-electron chi connectivity index (χ1n) is 6.77. The fourth-order valence-corrected chi connectivity index (χ4v) is 2.79. The molecule has 1 saturated carbocycles. The minimum Gasteiger partial charge on any atom is -0.319 e. The van der Waals surface area contributed by atoms with E-state index in [1.54, 1.807) is 0 Å². The minimum absolute atomic E-state index is 0.219. The van der Waals surface area contributed by atoms with Crippen LogP contribution in [-0.4, -0.2) is 11.3 Å². The molecule has 0 amide bonds. The van der Waals surface area contributed by atoms with E-state index >= 15 is 0 Å². The van der Waals surface area contributed by atoms with E-state index in [2.05, 4.69) is 13.8 Å². The number of ketones is 1. The van der Waals surface area contributed by atoms with Crippen LogP contribution in [0.3, 0.4) is 0 Å². The molecule has 0 aromatic heterocycles. The summed E-state index contributed by atoms with van der Waals surface area (Å²) < 4.78 is 0. The lowest BCUT2D eigenvalue weighted by molar-refractivity contribution is -0.130. The second-order valence-electron chi connectivity index (χ2n) is 5.69. The maximum Gasteiger partial charge on any atom is 0.155 e. The quantitative estimate of drug-likeness (QED) is 0.798. The number of hydrogen-bond acceptors (Lipinski definition) is 2. The van der Waals surface area contributed by atoms with E-state index in [-0.39, 0.29) is 5.92 Å².